The fourth-order valence-corrected chi connectivity index (χ4v) is 3.40. The second kappa shape index (κ2) is 88.8. The van der Waals surface area contributed by atoms with Crippen molar-refractivity contribution in [3.05, 3.63) is 146 Å². The lowest BCUT2D eigenvalue weighted by Gasteiger charge is -1.92. The van der Waals surface area contributed by atoms with Crippen LogP contribution in [-0.4, -0.2) is 57.7 Å². The van der Waals surface area contributed by atoms with Crippen LogP contribution in [0.1, 0.15) is 181 Å². The summed E-state index contributed by atoms with van der Waals surface area (Å²) in [5.41, 5.74) is 0. The molecule has 3 N–H and O–H groups in total. The predicted octanol–water partition coefficient (Wildman–Crippen LogP) is 20.6. The first kappa shape index (κ1) is 104. The maximum Gasteiger partial charge on any atom is 0.261 e. The lowest BCUT2D eigenvalue weighted by atomic mass is 10.1. The summed E-state index contributed by atoms with van der Waals surface area (Å²) in [4.78, 5) is 0. The molecule has 6 rings (SSSR count). The molecular formula is C59H116O9S3. The van der Waals surface area contributed by atoms with E-state index in [1.165, 1.54) is 32.3 Å². The number of hydrogen-bond donors (Lipinski definition) is 3. The Balaban J connectivity index is -0.0000000426. The Labute approximate surface area is 444 Å². The lowest BCUT2D eigenvalue weighted by Crippen LogP contribution is -1.88. The van der Waals surface area contributed by atoms with E-state index in [9.17, 15) is 25.3 Å². The first-order valence-corrected chi connectivity index (χ1v) is 30.5. The van der Waals surface area contributed by atoms with E-state index in [0.717, 1.165) is 0 Å². The minimum atomic E-state index is -3.67. The highest BCUT2D eigenvalue weighted by atomic mass is 32.2. The maximum absolute atomic E-state index is 9.19. The number of fused-ring (bicyclic) bond motifs is 3. The summed E-state index contributed by atoms with van der Waals surface area (Å²) in [6.07, 6.45) is 2.15. The molecule has 6 aromatic rings. The molecule has 0 aliphatic rings. The Hall–Kier alpha value is -4.17. The van der Waals surface area contributed by atoms with Crippen LogP contribution in [0.5, 0.6) is 0 Å². The fraction of sp³-hybridized carbons (Fsp3) is 0.492. The van der Waals surface area contributed by atoms with Crippen molar-refractivity contribution in [1.82, 2.24) is 0 Å². The largest absolute Gasteiger partial charge is 0.286 e. The molecule has 0 spiro atoms. The van der Waals surface area contributed by atoms with Crippen molar-refractivity contribution < 1.29 is 38.9 Å². The zero-order valence-corrected chi connectivity index (χ0v) is 51.3. The van der Waals surface area contributed by atoms with Crippen LogP contribution < -0.4 is 0 Å². The molecule has 0 fully saturated rings. The van der Waals surface area contributed by atoms with Gasteiger partial charge in [-0.25, -0.2) is 0 Å². The topological polar surface area (TPSA) is 163 Å². The van der Waals surface area contributed by atoms with Gasteiger partial charge in [0.05, 0.1) is 18.8 Å². The molecule has 0 saturated heterocycles. The first-order chi connectivity index (χ1) is 32.9. The van der Waals surface area contributed by atoms with Gasteiger partial charge in [-0.15, -0.1) is 0 Å². The van der Waals surface area contributed by atoms with Crippen molar-refractivity contribution in [1.29, 1.82) is 0 Å². The van der Waals surface area contributed by atoms with Gasteiger partial charge < -0.3 is 0 Å². The third-order valence-electron chi connectivity index (χ3n) is 4.98. The Morgan fingerprint density at radius 1 is 0.211 bits per heavy atom. The van der Waals surface area contributed by atoms with Crippen molar-refractivity contribution >= 4 is 62.7 Å². The Bertz CT molecular complexity index is 1630. The third-order valence-corrected chi connectivity index (χ3v) is 4.98. The molecule has 71 heavy (non-hydrogen) atoms. The minimum absolute atomic E-state index is 0. The van der Waals surface area contributed by atoms with Gasteiger partial charge in [0.15, 0.2) is 0 Å². The Kier molecular flexibility index (Phi) is 130. The average Bonchev–Trinajstić information content (AvgIpc) is 3.40. The first-order valence-electron chi connectivity index (χ1n) is 25.0. The van der Waals surface area contributed by atoms with Gasteiger partial charge in [-0.3, -0.25) is 13.7 Å². The molecule has 6 aromatic carbocycles. The molecule has 0 unspecified atom stereocenters. The summed E-state index contributed by atoms with van der Waals surface area (Å²) in [6.45, 7) is 48.0. The molecule has 0 aliphatic carbocycles. The summed E-state index contributed by atoms with van der Waals surface area (Å²) < 4.78 is 77.6. The minimum Gasteiger partial charge on any atom is -0.286 e. The molecule has 0 saturated carbocycles. The second-order valence-corrected chi connectivity index (χ2v) is 13.6. The van der Waals surface area contributed by atoms with E-state index in [-0.39, 0.29) is 14.9 Å². The van der Waals surface area contributed by atoms with E-state index in [2.05, 4.69) is 146 Å². The summed E-state index contributed by atoms with van der Waals surface area (Å²) >= 11 is 0. The highest BCUT2D eigenvalue weighted by molar-refractivity contribution is 7.85. The van der Waals surface area contributed by atoms with Gasteiger partial charge in [0.2, 0.25) is 0 Å². The molecule has 0 heterocycles. The summed E-state index contributed by atoms with van der Waals surface area (Å²) in [5, 5.41) is 7.86. The SMILES string of the molecule is C.C.CC.CC.CC.CC.CC.CC.CC.CC.CC.CC.CC.CC.CS(=O)(=O)O.CS(=O)(=O)O.CS(=O)(=O)O.c1ccc2ccccc2c1.c1ccc2ccccc2c1.c1ccc2ccccc2c1. The van der Waals surface area contributed by atoms with Crippen LogP contribution >= 0.6 is 0 Å². The molecule has 9 nitrogen and oxygen atoms in total. The number of hydrogen-bond acceptors (Lipinski definition) is 6. The van der Waals surface area contributed by atoms with Crippen LogP contribution in [0.15, 0.2) is 146 Å². The molecule has 0 aromatic heterocycles. The molecule has 12 heteroatoms. The monoisotopic (exact) mass is 1060 g/mol. The smallest absolute Gasteiger partial charge is 0.261 e. The lowest BCUT2D eigenvalue weighted by molar-refractivity contribution is 0.488. The van der Waals surface area contributed by atoms with E-state index in [0.29, 0.717) is 18.8 Å². The third kappa shape index (κ3) is 108. The van der Waals surface area contributed by atoms with E-state index >= 15 is 0 Å². The van der Waals surface area contributed by atoms with Crippen molar-refractivity contribution in [3.8, 4) is 0 Å². The average molecular weight is 1070 g/mol. The highest BCUT2D eigenvalue weighted by Crippen LogP contribution is 2.13. The summed E-state index contributed by atoms with van der Waals surface area (Å²) in [7, 11) is -11.0. The van der Waals surface area contributed by atoms with Crippen molar-refractivity contribution in [2.45, 2.75) is 181 Å². The van der Waals surface area contributed by atoms with Gasteiger partial charge in [-0.05, 0) is 32.3 Å². The van der Waals surface area contributed by atoms with Crippen LogP contribution in [0.2, 0.25) is 0 Å². The van der Waals surface area contributed by atoms with Crippen LogP contribution in [-0.2, 0) is 30.4 Å². The van der Waals surface area contributed by atoms with Gasteiger partial charge in [-0.1, -0.05) is 327 Å². The molecule has 0 bridgehead atoms. The van der Waals surface area contributed by atoms with Gasteiger partial charge >= 0.3 is 0 Å². The molecular weight excluding hydrogens is 949 g/mol. The van der Waals surface area contributed by atoms with E-state index in [1.807, 2.05) is 166 Å². The Morgan fingerprint density at radius 2 is 0.254 bits per heavy atom. The quantitative estimate of drug-likeness (QED) is 0.126. The van der Waals surface area contributed by atoms with E-state index in [1.54, 1.807) is 0 Å². The molecule has 0 radical (unpaired) electrons. The second-order valence-electron chi connectivity index (χ2n) is 9.24. The number of rotatable bonds is 0. The maximum atomic E-state index is 9.19. The van der Waals surface area contributed by atoms with Crippen LogP contribution in [0, 0.1) is 0 Å². The highest BCUT2D eigenvalue weighted by Gasteiger charge is 1.87. The van der Waals surface area contributed by atoms with E-state index < -0.39 is 30.4 Å². The molecule has 0 aliphatic heterocycles. The zero-order chi connectivity index (χ0) is 57.9. The summed E-state index contributed by atoms with van der Waals surface area (Å²) in [6, 6.07) is 50.1. The van der Waals surface area contributed by atoms with Crippen molar-refractivity contribution in [2.75, 3.05) is 18.8 Å². The van der Waals surface area contributed by atoms with Gasteiger partial charge in [0, 0.05) is 0 Å². The summed E-state index contributed by atoms with van der Waals surface area (Å²) in [5.74, 6) is 0. The Morgan fingerprint density at radius 3 is 0.296 bits per heavy atom. The zero-order valence-electron chi connectivity index (χ0n) is 48.9. The fourth-order valence-electron chi connectivity index (χ4n) is 3.40. The van der Waals surface area contributed by atoms with Crippen molar-refractivity contribution in [2.24, 2.45) is 0 Å². The normalized spacial score (nSPS) is 7.69. The van der Waals surface area contributed by atoms with Crippen LogP contribution in [0.3, 0.4) is 0 Å². The van der Waals surface area contributed by atoms with Crippen LogP contribution in [0.25, 0.3) is 32.3 Å². The molecule has 0 atom stereocenters. The molecule has 0 amide bonds. The van der Waals surface area contributed by atoms with Gasteiger partial charge in [0.1, 0.15) is 0 Å². The standard InChI is InChI=1S/3C10H8.12C2H6.3CH4O3S.2CH4/c3*1-2-6-10-8-4-3-7-9(10)5-1;12*1-2;3*1-5(2,3)4;;/h3*1-8H;12*1-2H3;3*1H3,(H,2,3,4);2*1H4. The molecule has 424 valence electrons. The van der Waals surface area contributed by atoms with Gasteiger partial charge in [0.25, 0.3) is 30.4 Å². The predicted molar refractivity (Wildman–Crippen MR) is 334 cm³/mol. The van der Waals surface area contributed by atoms with Crippen molar-refractivity contribution in [3.63, 3.8) is 0 Å². The van der Waals surface area contributed by atoms with Crippen LogP contribution in [0.4, 0.5) is 0 Å². The van der Waals surface area contributed by atoms with E-state index in [4.69, 9.17) is 13.7 Å². The van der Waals surface area contributed by atoms with Gasteiger partial charge in [-0.2, -0.15) is 25.3 Å². The number of benzene rings is 6.